The number of hydrogen-bond donors (Lipinski definition) is 1. The molecule has 0 aliphatic carbocycles. The van der Waals surface area contributed by atoms with E-state index in [1.807, 2.05) is 4.90 Å². The molecule has 1 saturated heterocycles. The Morgan fingerprint density at radius 2 is 1.83 bits per heavy atom. The van der Waals surface area contributed by atoms with Gasteiger partial charge in [0, 0.05) is 13.1 Å². The molecule has 0 radical (unpaired) electrons. The van der Waals surface area contributed by atoms with Crippen LogP contribution >= 0.6 is 0 Å². The van der Waals surface area contributed by atoms with Crippen molar-refractivity contribution < 1.29 is 4.79 Å². The molecule has 1 heterocycles. The van der Waals surface area contributed by atoms with E-state index in [9.17, 15) is 4.79 Å². The zero-order valence-corrected chi connectivity index (χ0v) is 11.5. The van der Waals surface area contributed by atoms with Gasteiger partial charge in [0.05, 0.1) is 5.54 Å². The molecule has 1 aliphatic rings. The van der Waals surface area contributed by atoms with Crippen molar-refractivity contribution in [3.8, 4) is 0 Å². The van der Waals surface area contributed by atoms with Crippen molar-refractivity contribution in [1.82, 2.24) is 10.2 Å². The molecule has 0 spiro atoms. The molecule has 1 atom stereocenters. The van der Waals surface area contributed by atoms with Gasteiger partial charge in [0.1, 0.15) is 0 Å². The third kappa shape index (κ3) is 2.66. The number of nitrogens with zero attached hydrogens (tertiary/aromatic N) is 1. The largest absolute Gasteiger partial charge is 0.331 e. The number of nitrogens with one attached hydrogen (secondary N) is 1. The van der Waals surface area contributed by atoms with Crippen molar-refractivity contribution in [2.24, 2.45) is 0 Å². The van der Waals surface area contributed by atoms with E-state index in [-0.39, 0.29) is 11.6 Å². The minimum absolute atomic E-state index is 0.0546. The van der Waals surface area contributed by atoms with Crippen LogP contribution in [0.15, 0.2) is 24.3 Å². The van der Waals surface area contributed by atoms with Gasteiger partial charge in [-0.25, -0.2) is 4.79 Å². The summed E-state index contributed by atoms with van der Waals surface area (Å²) in [5.74, 6) is 0. The van der Waals surface area contributed by atoms with Crippen LogP contribution < -0.4 is 5.32 Å². The highest BCUT2D eigenvalue weighted by Gasteiger charge is 2.36. The second kappa shape index (κ2) is 5.01. The first-order valence-corrected chi connectivity index (χ1v) is 6.71. The van der Waals surface area contributed by atoms with Crippen LogP contribution in [0.4, 0.5) is 4.79 Å². The summed E-state index contributed by atoms with van der Waals surface area (Å²) in [6.07, 6.45) is 2.02. The number of amides is 2. The van der Waals surface area contributed by atoms with Gasteiger partial charge in [-0.3, -0.25) is 0 Å². The zero-order valence-electron chi connectivity index (χ0n) is 11.5. The summed E-state index contributed by atoms with van der Waals surface area (Å²) < 4.78 is 0. The van der Waals surface area contributed by atoms with E-state index < -0.39 is 0 Å². The normalized spacial score (nSPS) is 23.3. The fourth-order valence-electron chi connectivity index (χ4n) is 2.30. The highest BCUT2D eigenvalue weighted by Crippen LogP contribution is 2.20. The molecule has 98 valence electrons. The second-order valence-electron chi connectivity index (χ2n) is 5.37. The van der Waals surface area contributed by atoms with Crippen LogP contribution in [0.3, 0.4) is 0 Å². The summed E-state index contributed by atoms with van der Waals surface area (Å²) >= 11 is 0. The van der Waals surface area contributed by atoms with Gasteiger partial charge >= 0.3 is 6.03 Å². The van der Waals surface area contributed by atoms with Crippen LogP contribution in [0.2, 0.25) is 0 Å². The lowest BCUT2D eigenvalue weighted by atomic mass is 10.0. The van der Waals surface area contributed by atoms with E-state index in [4.69, 9.17) is 0 Å². The molecule has 1 aromatic rings. The molecular formula is C15H22N2O. The predicted octanol–water partition coefficient (Wildman–Crippen LogP) is 2.94. The van der Waals surface area contributed by atoms with E-state index in [0.29, 0.717) is 6.54 Å². The van der Waals surface area contributed by atoms with Crippen LogP contribution in [-0.2, 0) is 13.0 Å². The monoisotopic (exact) mass is 246 g/mol. The van der Waals surface area contributed by atoms with Gasteiger partial charge < -0.3 is 10.2 Å². The summed E-state index contributed by atoms with van der Waals surface area (Å²) in [6, 6.07) is 8.57. The Balaban J connectivity index is 2.03. The van der Waals surface area contributed by atoms with Crippen molar-refractivity contribution in [3.05, 3.63) is 35.4 Å². The molecule has 0 bridgehead atoms. The van der Waals surface area contributed by atoms with Crippen molar-refractivity contribution in [3.63, 3.8) is 0 Å². The number of urea groups is 1. The molecule has 2 amide bonds. The lowest BCUT2D eigenvalue weighted by Gasteiger charge is -2.21. The van der Waals surface area contributed by atoms with Gasteiger partial charge in [-0.2, -0.15) is 0 Å². The number of rotatable bonds is 4. The zero-order chi connectivity index (χ0) is 13.2. The first-order chi connectivity index (χ1) is 8.56. The van der Waals surface area contributed by atoms with Crippen LogP contribution in [0.1, 0.15) is 38.3 Å². The van der Waals surface area contributed by atoms with Gasteiger partial charge in [-0.15, -0.1) is 0 Å². The minimum atomic E-state index is -0.0690. The number of carbonyl (C=O) groups excluding carboxylic acids is 1. The summed E-state index contributed by atoms with van der Waals surface area (Å²) in [7, 11) is 0. The average Bonchev–Trinajstić information content (AvgIpc) is 2.66. The Bertz CT molecular complexity index is 427. The van der Waals surface area contributed by atoms with E-state index in [2.05, 4.69) is 50.4 Å². The molecule has 3 nitrogen and oxygen atoms in total. The Morgan fingerprint density at radius 3 is 2.33 bits per heavy atom. The average molecular weight is 246 g/mol. The number of hydrogen-bond acceptors (Lipinski definition) is 1. The van der Waals surface area contributed by atoms with Crippen LogP contribution in [0.25, 0.3) is 0 Å². The first kappa shape index (κ1) is 12.9. The highest BCUT2D eigenvalue weighted by atomic mass is 16.2. The van der Waals surface area contributed by atoms with Gasteiger partial charge in [-0.1, -0.05) is 38.1 Å². The van der Waals surface area contributed by atoms with Gasteiger partial charge in [0.25, 0.3) is 0 Å². The van der Waals surface area contributed by atoms with Crippen LogP contribution in [0, 0.1) is 0 Å². The van der Waals surface area contributed by atoms with Gasteiger partial charge in [0.15, 0.2) is 0 Å². The summed E-state index contributed by atoms with van der Waals surface area (Å²) in [4.78, 5) is 13.8. The van der Waals surface area contributed by atoms with Crippen molar-refractivity contribution in [2.45, 2.75) is 45.7 Å². The fourth-order valence-corrected chi connectivity index (χ4v) is 2.30. The SMILES string of the molecule is CCc1ccc(CN2CC(C)(CC)NC2=O)cc1. The van der Waals surface area contributed by atoms with E-state index in [1.54, 1.807) is 0 Å². The van der Waals surface area contributed by atoms with Gasteiger partial charge in [-0.05, 0) is 30.9 Å². The van der Waals surface area contributed by atoms with Crippen molar-refractivity contribution >= 4 is 6.03 Å². The molecule has 1 N–H and O–H groups in total. The van der Waals surface area contributed by atoms with Crippen molar-refractivity contribution in [1.29, 1.82) is 0 Å². The predicted molar refractivity (Wildman–Crippen MR) is 73.5 cm³/mol. The van der Waals surface area contributed by atoms with Crippen molar-refractivity contribution in [2.75, 3.05) is 6.54 Å². The lowest BCUT2D eigenvalue weighted by molar-refractivity contribution is 0.215. The van der Waals surface area contributed by atoms with Crippen LogP contribution in [-0.4, -0.2) is 23.0 Å². The fraction of sp³-hybridized carbons (Fsp3) is 0.533. The molecule has 1 fully saturated rings. The molecule has 2 rings (SSSR count). The summed E-state index contributed by atoms with van der Waals surface area (Å²) in [6.45, 7) is 7.85. The third-order valence-corrected chi connectivity index (χ3v) is 3.82. The molecular weight excluding hydrogens is 224 g/mol. The highest BCUT2D eigenvalue weighted by molar-refractivity contribution is 5.77. The summed E-state index contributed by atoms with van der Waals surface area (Å²) in [5.41, 5.74) is 2.46. The molecule has 3 heteroatoms. The Kier molecular flexibility index (Phi) is 3.60. The Hall–Kier alpha value is -1.51. The van der Waals surface area contributed by atoms with E-state index in [0.717, 1.165) is 19.4 Å². The van der Waals surface area contributed by atoms with Crippen LogP contribution in [0.5, 0.6) is 0 Å². The topological polar surface area (TPSA) is 32.3 Å². The quantitative estimate of drug-likeness (QED) is 0.870. The standard InChI is InChI=1S/C15H22N2O/c1-4-12-6-8-13(9-7-12)10-17-11-15(3,5-2)16-14(17)18/h6-9H,4-5,10-11H2,1-3H3,(H,16,18). The Labute approximate surface area is 109 Å². The maximum Gasteiger partial charge on any atom is 0.318 e. The molecule has 0 aromatic heterocycles. The second-order valence-corrected chi connectivity index (χ2v) is 5.37. The minimum Gasteiger partial charge on any atom is -0.331 e. The number of carbonyl (C=O) groups is 1. The molecule has 1 unspecified atom stereocenters. The van der Waals surface area contributed by atoms with Gasteiger partial charge in [0.2, 0.25) is 0 Å². The first-order valence-electron chi connectivity index (χ1n) is 6.71. The lowest BCUT2D eigenvalue weighted by Crippen LogP contribution is -2.39. The molecule has 0 saturated carbocycles. The summed E-state index contributed by atoms with van der Waals surface area (Å²) in [5, 5.41) is 3.06. The maximum atomic E-state index is 11.9. The molecule has 1 aromatic carbocycles. The van der Waals surface area contributed by atoms with E-state index in [1.165, 1.54) is 11.1 Å². The Morgan fingerprint density at radius 1 is 1.22 bits per heavy atom. The molecule has 18 heavy (non-hydrogen) atoms. The number of aryl methyl sites for hydroxylation is 1. The third-order valence-electron chi connectivity index (χ3n) is 3.82. The smallest absolute Gasteiger partial charge is 0.318 e. The molecule has 1 aliphatic heterocycles. The van der Waals surface area contributed by atoms with E-state index >= 15 is 0 Å². The maximum absolute atomic E-state index is 11.9. The number of benzene rings is 1.